The number of esters is 1. The van der Waals surface area contributed by atoms with Gasteiger partial charge >= 0.3 is 5.97 Å². The Labute approximate surface area is 176 Å². The van der Waals surface area contributed by atoms with E-state index in [1.165, 1.54) is 24.3 Å². The maximum absolute atomic E-state index is 13.3. The van der Waals surface area contributed by atoms with E-state index in [2.05, 4.69) is 4.74 Å². The normalized spacial score (nSPS) is 23.6. The second kappa shape index (κ2) is 7.70. The zero-order chi connectivity index (χ0) is 33.0. The molecule has 2 rings (SSSR count). The molecule has 0 amide bonds. The lowest BCUT2D eigenvalue weighted by Crippen LogP contribution is -2.40. The molecule has 0 aliphatic heterocycles. The van der Waals surface area contributed by atoms with Crippen molar-refractivity contribution in [2.45, 2.75) is 39.1 Å². The van der Waals surface area contributed by atoms with E-state index in [1.807, 2.05) is 0 Å². The molecule has 0 saturated carbocycles. The van der Waals surface area contributed by atoms with Gasteiger partial charge in [-0.15, -0.1) is 0 Å². The highest BCUT2D eigenvalue weighted by atomic mass is 35.5. The zero-order valence-electron chi connectivity index (χ0n) is 29.3. The molecule has 0 aliphatic carbocycles. The van der Waals surface area contributed by atoms with Crippen LogP contribution in [0.25, 0.3) is 0 Å². The highest BCUT2D eigenvalue weighted by Gasteiger charge is 2.32. The third kappa shape index (κ3) is 5.07. The molecule has 4 nitrogen and oxygen atoms in total. The van der Waals surface area contributed by atoms with E-state index in [4.69, 9.17) is 39.6 Å². The summed E-state index contributed by atoms with van der Waals surface area (Å²) in [6.45, 7) is -16.4. The molecule has 0 fully saturated rings. The summed E-state index contributed by atoms with van der Waals surface area (Å²) < 4.78 is 141. The quantitative estimate of drug-likeness (QED) is 0.541. The number of carbonyl (C=O) groups excluding carboxylic acids is 2. The van der Waals surface area contributed by atoms with Gasteiger partial charge in [0.1, 0.15) is 5.75 Å². The molecule has 0 atom stereocenters. The molecule has 2 aromatic carbocycles. The van der Waals surface area contributed by atoms with Crippen molar-refractivity contribution in [3.63, 3.8) is 0 Å². The van der Waals surface area contributed by atoms with Gasteiger partial charge in [-0.25, -0.2) is 4.79 Å². The number of halogens is 1. The van der Waals surface area contributed by atoms with Gasteiger partial charge in [-0.05, 0) is 75.8 Å². The molecule has 0 spiro atoms. The molecule has 2 aromatic rings. The largest absolute Gasteiger partial charge is 0.476 e. The Morgan fingerprint density at radius 1 is 1.12 bits per heavy atom. The number of hydrogen-bond acceptors (Lipinski definition) is 4. The average Bonchev–Trinajstić information content (AvgIpc) is 2.80. The second-order valence-corrected chi connectivity index (χ2v) is 4.98. The Bertz CT molecular complexity index is 1320. The van der Waals surface area contributed by atoms with Crippen molar-refractivity contribution in [1.82, 2.24) is 0 Å². The van der Waals surface area contributed by atoms with Crippen LogP contribution < -0.4 is 4.74 Å². The first-order valence-electron chi connectivity index (χ1n) is 15.0. The minimum atomic E-state index is -4.39. The lowest BCUT2D eigenvalue weighted by molar-refractivity contribution is -0.163. The van der Waals surface area contributed by atoms with Crippen LogP contribution >= 0.6 is 11.6 Å². The van der Waals surface area contributed by atoms with Gasteiger partial charge in [0.15, 0.2) is 11.4 Å². The van der Waals surface area contributed by atoms with Crippen molar-refractivity contribution in [2.75, 3.05) is 0 Å². The van der Waals surface area contributed by atoms with Crippen LogP contribution in [-0.4, -0.2) is 23.4 Å². The van der Waals surface area contributed by atoms with Gasteiger partial charge in [-0.2, -0.15) is 0 Å². The average molecular weight is 378 g/mol. The summed E-state index contributed by atoms with van der Waals surface area (Å²) in [4.78, 5) is 26.3. The molecular weight excluding hydrogens is 340 g/mol. The Kier molecular flexibility index (Phi) is 1.98. The van der Waals surface area contributed by atoms with Crippen LogP contribution in [0.1, 0.15) is 66.6 Å². The van der Waals surface area contributed by atoms with Crippen molar-refractivity contribution >= 4 is 23.4 Å². The molecule has 0 aromatic heterocycles. The minimum absolute atomic E-state index is 0.141. The number of hydrogen-bond donors (Lipinski definition) is 0. The van der Waals surface area contributed by atoms with Crippen molar-refractivity contribution in [3.8, 4) is 5.75 Å². The molecule has 25 heavy (non-hydrogen) atoms. The maximum atomic E-state index is 13.3. The Morgan fingerprint density at radius 2 is 1.76 bits per heavy atom. The molecule has 5 heteroatoms. The van der Waals surface area contributed by atoms with Gasteiger partial charge < -0.3 is 9.47 Å². The first-order valence-corrected chi connectivity index (χ1v) is 6.86. The predicted octanol–water partition coefficient (Wildman–Crippen LogP) is 4.68. The SMILES string of the molecule is [2H]c1c([2H])c(C(=O)c2ccc(Cl)cc2)c([2H])c([2H])c1OC(C(=O)OC([2H])(C([2H])([2H])[2H])C([2H])([2H])[2H])(C([2H])([2H])[2H])C([2H])([2H])[2H]. The third-order valence-corrected chi connectivity index (χ3v) is 2.92. The van der Waals surface area contributed by atoms with E-state index in [0.717, 1.165) is 0 Å². The lowest BCUT2D eigenvalue weighted by Gasteiger charge is -2.25. The lowest BCUT2D eigenvalue weighted by atomic mass is 10.0. The topological polar surface area (TPSA) is 52.6 Å². The van der Waals surface area contributed by atoms with E-state index in [9.17, 15) is 9.59 Å². The number of ketones is 1. The Hall–Kier alpha value is -2.33. The summed E-state index contributed by atoms with van der Waals surface area (Å²) in [5, 5.41) is 0.223. The fourth-order valence-corrected chi connectivity index (χ4v) is 1.70. The second-order valence-electron chi connectivity index (χ2n) is 4.54. The predicted molar refractivity (Wildman–Crippen MR) is 97.3 cm³/mol. The van der Waals surface area contributed by atoms with Crippen LogP contribution in [-0.2, 0) is 9.53 Å². The number of ether oxygens (including phenoxy) is 2. The summed E-state index contributed by atoms with van der Waals surface area (Å²) in [5.41, 5.74) is -5.39. The molecule has 132 valence electrons. The molecule has 0 bridgehead atoms. The minimum Gasteiger partial charge on any atom is -0.476 e. The van der Waals surface area contributed by atoms with Gasteiger partial charge in [-0.1, -0.05) is 11.6 Å². The number of rotatable bonds is 6. The Balaban J connectivity index is 2.86. The van der Waals surface area contributed by atoms with Gasteiger partial charge in [-0.3, -0.25) is 4.79 Å². The zero-order valence-corrected chi connectivity index (χ0v) is 13.1. The Morgan fingerprint density at radius 3 is 2.32 bits per heavy atom. The summed E-state index contributed by atoms with van der Waals surface area (Å²) in [6.07, 6.45) is -4.22. The molecule has 0 N–H and O–H groups in total. The highest BCUT2D eigenvalue weighted by molar-refractivity contribution is 6.30. The van der Waals surface area contributed by atoms with Gasteiger partial charge in [0, 0.05) is 32.6 Å². The van der Waals surface area contributed by atoms with Crippen LogP contribution in [0.4, 0.5) is 0 Å². The van der Waals surface area contributed by atoms with E-state index >= 15 is 0 Å². The first kappa shape index (κ1) is 6.44. The van der Waals surface area contributed by atoms with Crippen LogP contribution in [0, 0.1) is 0 Å². The molecule has 0 aliphatic rings. The van der Waals surface area contributed by atoms with E-state index < -0.39 is 86.3 Å². The van der Waals surface area contributed by atoms with E-state index in [0.29, 0.717) is 0 Å². The summed E-state index contributed by atoms with van der Waals surface area (Å²) in [7, 11) is 0. The molecule has 0 saturated heterocycles. The van der Waals surface area contributed by atoms with Crippen molar-refractivity contribution < 1.29 is 42.4 Å². The summed E-state index contributed by atoms with van der Waals surface area (Å²) in [6, 6.07) is 0.0300. The molecule has 0 unspecified atom stereocenters. The van der Waals surface area contributed by atoms with Crippen molar-refractivity contribution in [2.24, 2.45) is 0 Å². The van der Waals surface area contributed by atoms with Crippen molar-refractivity contribution in [3.05, 3.63) is 64.6 Å². The first-order chi connectivity index (χ1) is 18.7. The molecule has 0 radical (unpaired) electrons. The maximum Gasteiger partial charge on any atom is 0.350 e. The fourth-order valence-electron chi connectivity index (χ4n) is 1.57. The van der Waals surface area contributed by atoms with E-state index in [1.54, 1.807) is 0 Å². The fraction of sp³-hybridized carbons (Fsp3) is 0.300. The van der Waals surface area contributed by atoms with Crippen LogP contribution in [0.2, 0.25) is 5.02 Å². The summed E-state index contributed by atoms with van der Waals surface area (Å²) >= 11 is 5.78. The smallest absolute Gasteiger partial charge is 0.350 e. The van der Waals surface area contributed by atoms with Crippen LogP contribution in [0.3, 0.4) is 0 Å². The summed E-state index contributed by atoms with van der Waals surface area (Å²) in [5.74, 6) is -5.25. The number of carbonyl (C=O) groups is 2. The molecular formula is C20H21ClO4. The van der Waals surface area contributed by atoms with Crippen molar-refractivity contribution in [1.29, 1.82) is 0 Å². The van der Waals surface area contributed by atoms with Crippen LogP contribution in [0.15, 0.2) is 48.4 Å². The highest BCUT2D eigenvalue weighted by Crippen LogP contribution is 2.22. The van der Waals surface area contributed by atoms with Gasteiger partial charge in [0.25, 0.3) is 0 Å². The van der Waals surface area contributed by atoms with E-state index in [-0.39, 0.29) is 10.6 Å². The third-order valence-electron chi connectivity index (χ3n) is 2.67. The van der Waals surface area contributed by atoms with Gasteiger partial charge in [0.2, 0.25) is 0 Å². The monoisotopic (exact) mass is 377 g/mol. The van der Waals surface area contributed by atoms with Crippen LogP contribution in [0.5, 0.6) is 5.75 Å². The molecule has 0 heterocycles. The standard InChI is InChI=1S/C20H21ClO4/c1-13(2)24-19(23)20(3,4)25-17-11-7-15(8-12-17)18(22)14-5-9-16(21)10-6-14/h5-13H,1-4H3/i1D3,2D3,3D3,4D3,7D,8D,11D,12D,13D. The number of benzene rings is 2. The van der Waals surface area contributed by atoms with Gasteiger partial charge in [0.05, 0.1) is 12.9 Å².